The van der Waals surface area contributed by atoms with Gasteiger partial charge in [-0.1, -0.05) is 11.8 Å². The normalized spacial score (nSPS) is 9.95. The summed E-state index contributed by atoms with van der Waals surface area (Å²) in [5.41, 5.74) is 1.20. The minimum Gasteiger partial charge on any atom is -0.462 e. The minimum atomic E-state index is -0.354. The highest BCUT2D eigenvalue weighted by Crippen LogP contribution is 2.27. The molecular weight excluding hydrogens is 288 g/mol. The summed E-state index contributed by atoms with van der Waals surface area (Å²) < 4.78 is 4.96. The van der Waals surface area contributed by atoms with Crippen molar-refractivity contribution in [1.82, 2.24) is 4.98 Å². The minimum absolute atomic E-state index is 0.342. The summed E-state index contributed by atoms with van der Waals surface area (Å²) in [5, 5.41) is 3.28. The molecule has 1 heterocycles. The van der Waals surface area contributed by atoms with Crippen LogP contribution in [-0.4, -0.2) is 24.0 Å². The molecule has 0 spiro atoms. The quantitative estimate of drug-likeness (QED) is 0.656. The molecule has 21 heavy (non-hydrogen) atoms. The predicted molar refractivity (Wildman–Crippen MR) is 80.4 cm³/mol. The highest BCUT2D eigenvalue weighted by Gasteiger charge is 2.08. The lowest BCUT2D eigenvalue weighted by atomic mass is 10.3. The van der Waals surface area contributed by atoms with Crippen LogP contribution in [0.1, 0.15) is 17.3 Å². The van der Waals surface area contributed by atoms with E-state index in [0.717, 1.165) is 10.6 Å². The van der Waals surface area contributed by atoms with Crippen molar-refractivity contribution in [2.45, 2.75) is 16.8 Å². The van der Waals surface area contributed by atoms with E-state index in [2.05, 4.69) is 10.3 Å². The summed E-state index contributed by atoms with van der Waals surface area (Å²) in [6, 6.07) is 10.7. The Bertz CT molecular complexity index is 629. The summed E-state index contributed by atoms with van der Waals surface area (Å²) in [7, 11) is 0. The summed E-state index contributed by atoms with van der Waals surface area (Å²) in [5.74, 6) is -0.354. The van der Waals surface area contributed by atoms with Gasteiger partial charge < -0.3 is 10.1 Å². The number of hydrogen-bond acceptors (Lipinski definition) is 5. The molecule has 0 aliphatic heterocycles. The van der Waals surface area contributed by atoms with Crippen LogP contribution in [0.25, 0.3) is 0 Å². The number of nitrogens with one attached hydrogen (secondary N) is 1. The zero-order valence-corrected chi connectivity index (χ0v) is 12.2. The first-order valence-corrected chi connectivity index (χ1v) is 7.16. The van der Waals surface area contributed by atoms with Crippen molar-refractivity contribution in [2.24, 2.45) is 0 Å². The number of esters is 1. The molecule has 1 amide bonds. The molecule has 108 valence electrons. The molecule has 0 fully saturated rings. The second-order valence-electron chi connectivity index (χ2n) is 3.99. The number of rotatable bonds is 6. The number of benzene rings is 1. The van der Waals surface area contributed by atoms with Crippen LogP contribution in [0, 0.1) is 0 Å². The molecule has 0 unspecified atom stereocenters. The Morgan fingerprint density at radius 1 is 1.33 bits per heavy atom. The zero-order chi connectivity index (χ0) is 15.1. The largest absolute Gasteiger partial charge is 0.462 e. The van der Waals surface area contributed by atoms with Crippen molar-refractivity contribution >= 4 is 29.8 Å². The summed E-state index contributed by atoms with van der Waals surface area (Å²) >= 11 is 1.43. The summed E-state index contributed by atoms with van der Waals surface area (Å²) in [4.78, 5) is 27.2. The Hall–Kier alpha value is -2.34. The van der Waals surface area contributed by atoms with E-state index < -0.39 is 0 Å². The zero-order valence-electron chi connectivity index (χ0n) is 11.4. The lowest BCUT2D eigenvalue weighted by Gasteiger charge is -2.05. The van der Waals surface area contributed by atoms with Gasteiger partial charge in [0.25, 0.3) is 0 Å². The molecule has 0 saturated carbocycles. The molecule has 0 bridgehead atoms. The fraction of sp³-hybridized carbons (Fsp3) is 0.133. The molecule has 0 atom stereocenters. The number of hydrogen-bond donors (Lipinski definition) is 1. The number of aromatic nitrogens is 1. The maximum atomic E-state index is 11.7. The molecule has 0 radical (unpaired) electrons. The van der Waals surface area contributed by atoms with Gasteiger partial charge in [0, 0.05) is 16.8 Å². The summed E-state index contributed by atoms with van der Waals surface area (Å²) in [6.45, 7) is 2.11. The molecule has 1 N–H and O–H groups in total. The van der Waals surface area contributed by atoms with Crippen LogP contribution in [0.3, 0.4) is 0 Å². The van der Waals surface area contributed by atoms with E-state index in [1.165, 1.54) is 11.8 Å². The molecule has 0 saturated heterocycles. The van der Waals surface area contributed by atoms with Crippen molar-refractivity contribution in [1.29, 1.82) is 0 Å². The Kier molecular flexibility index (Phi) is 5.34. The van der Waals surface area contributed by atoms with Gasteiger partial charge in [-0.15, -0.1) is 0 Å². The number of amides is 1. The lowest BCUT2D eigenvalue weighted by molar-refractivity contribution is -0.105. The first-order valence-electron chi connectivity index (χ1n) is 6.34. The monoisotopic (exact) mass is 302 g/mol. The van der Waals surface area contributed by atoms with Crippen molar-refractivity contribution in [3.63, 3.8) is 0 Å². The smallest absolute Gasteiger partial charge is 0.338 e. The number of anilines is 1. The second-order valence-corrected chi connectivity index (χ2v) is 5.09. The SMILES string of the molecule is CCOC(=O)c1ccnc(Sc2ccc(NC=O)cc2)c1. The van der Waals surface area contributed by atoms with Crippen LogP contribution in [0.5, 0.6) is 0 Å². The van der Waals surface area contributed by atoms with Gasteiger partial charge in [-0.3, -0.25) is 4.79 Å². The fourth-order valence-electron chi connectivity index (χ4n) is 1.61. The van der Waals surface area contributed by atoms with Crippen LogP contribution >= 0.6 is 11.8 Å². The number of nitrogens with zero attached hydrogens (tertiary/aromatic N) is 1. The molecule has 1 aromatic carbocycles. The standard InChI is InChI=1S/C15H14N2O3S/c1-2-20-15(19)11-7-8-16-14(9-11)21-13-5-3-12(4-6-13)17-10-18/h3-10H,2H2,1H3,(H,17,18). The average Bonchev–Trinajstić information content (AvgIpc) is 2.50. The fourth-order valence-corrected chi connectivity index (χ4v) is 2.43. The Morgan fingerprint density at radius 2 is 2.10 bits per heavy atom. The van der Waals surface area contributed by atoms with Crippen molar-refractivity contribution in [3.8, 4) is 0 Å². The number of ether oxygens (including phenoxy) is 1. The third-order valence-corrected chi connectivity index (χ3v) is 3.49. The van der Waals surface area contributed by atoms with E-state index in [4.69, 9.17) is 4.74 Å². The first-order chi connectivity index (χ1) is 10.2. The van der Waals surface area contributed by atoms with Crippen LogP contribution in [0.4, 0.5) is 5.69 Å². The Labute approximate surface area is 126 Å². The van der Waals surface area contributed by atoms with E-state index >= 15 is 0 Å². The van der Waals surface area contributed by atoms with Crippen LogP contribution < -0.4 is 5.32 Å². The van der Waals surface area contributed by atoms with Gasteiger partial charge >= 0.3 is 5.97 Å². The van der Waals surface area contributed by atoms with E-state index in [1.54, 1.807) is 37.4 Å². The second kappa shape index (κ2) is 7.44. The van der Waals surface area contributed by atoms with Gasteiger partial charge in [0.1, 0.15) is 5.03 Å². The highest BCUT2D eigenvalue weighted by atomic mass is 32.2. The number of carbonyl (C=O) groups is 2. The van der Waals surface area contributed by atoms with Crippen LogP contribution in [0.15, 0.2) is 52.5 Å². The van der Waals surface area contributed by atoms with E-state index in [1.807, 2.05) is 12.1 Å². The Morgan fingerprint density at radius 3 is 2.76 bits per heavy atom. The van der Waals surface area contributed by atoms with Gasteiger partial charge in [-0.05, 0) is 43.3 Å². The number of pyridine rings is 1. The third-order valence-electron chi connectivity index (χ3n) is 2.55. The lowest BCUT2D eigenvalue weighted by Crippen LogP contribution is -2.04. The van der Waals surface area contributed by atoms with Crippen LogP contribution in [0.2, 0.25) is 0 Å². The molecule has 6 heteroatoms. The van der Waals surface area contributed by atoms with Crippen molar-refractivity contribution in [3.05, 3.63) is 48.2 Å². The molecule has 2 aromatic rings. The van der Waals surface area contributed by atoms with Gasteiger partial charge in [-0.2, -0.15) is 0 Å². The van der Waals surface area contributed by atoms with Crippen LogP contribution in [-0.2, 0) is 9.53 Å². The maximum absolute atomic E-state index is 11.7. The highest BCUT2D eigenvalue weighted by molar-refractivity contribution is 7.99. The molecule has 5 nitrogen and oxygen atoms in total. The molecular formula is C15H14N2O3S. The number of carbonyl (C=O) groups excluding carboxylic acids is 2. The molecule has 1 aromatic heterocycles. The van der Waals surface area contributed by atoms with Gasteiger partial charge in [0.2, 0.25) is 6.41 Å². The van der Waals surface area contributed by atoms with Gasteiger partial charge in [0.05, 0.1) is 12.2 Å². The molecule has 0 aliphatic carbocycles. The predicted octanol–water partition coefficient (Wildman–Crippen LogP) is 2.98. The van der Waals surface area contributed by atoms with Crippen molar-refractivity contribution < 1.29 is 14.3 Å². The third kappa shape index (κ3) is 4.32. The molecule has 0 aliphatic rings. The first kappa shape index (κ1) is 15.1. The van der Waals surface area contributed by atoms with Crippen molar-refractivity contribution in [2.75, 3.05) is 11.9 Å². The van der Waals surface area contributed by atoms with E-state index in [0.29, 0.717) is 23.6 Å². The average molecular weight is 302 g/mol. The topological polar surface area (TPSA) is 68.3 Å². The van der Waals surface area contributed by atoms with Gasteiger partial charge in [-0.25, -0.2) is 9.78 Å². The van der Waals surface area contributed by atoms with Gasteiger partial charge in [0.15, 0.2) is 0 Å². The maximum Gasteiger partial charge on any atom is 0.338 e. The van der Waals surface area contributed by atoms with E-state index in [-0.39, 0.29) is 5.97 Å². The Balaban J connectivity index is 2.10. The van der Waals surface area contributed by atoms with E-state index in [9.17, 15) is 9.59 Å². The summed E-state index contributed by atoms with van der Waals surface area (Å²) in [6.07, 6.45) is 2.21. The molecule has 2 rings (SSSR count).